The number of imide groups is 1. The minimum atomic E-state index is -0.626. The number of fused-ring (bicyclic) bond motifs is 1. The molecule has 5 heteroatoms. The van der Waals surface area contributed by atoms with Crippen molar-refractivity contribution < 1.29 is 14.3 Å². The molecule has 0 fully saturated rings. The van der Waals surface area contributed by atoms with Crippen molar-refractivity contribution in [2.24, 2.45) is 0 Å². The summed E-state index contributed by atoms with van der Waals surface area (Å²) in [5.74, 6) is -0.311. The lowest BCUT2D eigenvalue weighted by molar-refractivity contribution is -0.116. The zero-order valence-electron chi connectivity index (χ0n) is 9.77. The molecule has 0 atom stereocenters. The van der Waals surface area contributed by atoms with Crippen LogP contribution in [-0.2, 0) is 9.53 Å². The maximum absolute atomic E-state index is 11.8. The zero-order valence-corrected chi connectivity index (χ0v) is 9.77. The van der Waals surface area contributed by atoms with Crippen LogP contribution in [0.5, 0.6) is 0 Å². The van der Waals surface area contributed by atoms with E-state index >= 15 is 0 Å². The van der Waals surface area contributed by atoms with Crippen molar-refractivity contribution in [1.29, 1.82) is 0 Å². The summed E-state index contributed by atoms with van der Waals surface area (Å²) in [4.78, 5) is 24.7. The minimum absolute atomic E-state index is 0.101. The number of hydrogen-bond donors (Lipinski definition) is 1. The smallest absolute Gasteiger partial charge is 0.421 e. The van der Waals surface area contributed by atoms with Crippen molar-refractivity contribution >= 4 is 23.4 Å². The third-order valence-corrected chi connectivity index (χ3v) is 2.34. The average Bonchev–Trinajstić information content (AvgIpc) is 2.27. The Kier molecular flexibility index (Phi) is 2.99. The summed E-state index contributed by atoms with van der Waals surface area (Å²) >= 11 is 0. The van der Waals surface area contributed by atoms with Gasteiger partial charge in [0.25, 0.3) is 5.91 Å². The Hall–Kier alpha value is -2.04. The predicted octanol–water partition coefficient (Wildman–Crippen LogP) is 1.99. The van der Waals surface area contributed by atoms with Crippen LogP contribution in [0.25, 0.3) is 0 Å². The molecule has 1 aliphatic heterocycles. The van der Waals surface area contributed by atoms with Crippen LogP contribution in [0, 0.1) is 0 Å². The third kappa shape index (κ3) is 2.22. The second-order valence-corrected chi connectivity index (χ2v) is 4.03. The summed E-state index contributed by atoms with van der Waals surface area (Å²) in [6, 6.07) is 7.14. The highest BCUT2D eigenvalue weighted by Crippen LogP contribution is 2.29. The lowest BCUT2D eigenvalue weighted by Gasteiger charge is -2.28. The first-order valence-electron chi connectivity index (χ1n) is 5.46. The molecular weight excluding hydrogens is 220 g/mol. The van der Waals surface area contributed by atoms with E-state index in [9.17, 15) is 9.59 Å². The lowest BCUT2D eigenvalue weighted by Crippen LogP contribution is -2.44. The summed E-state index contributed by atoms with van der Waals surface area (Å²) in [5.41, 5.74) is 1.29. The fourth-order valence-electron chi connectivity index (χ4n) is 1.66. The number of carbonyl (C=O) groups is 2. The summed E-state index contributed by atoms with van der Waals surface area (Å²) in [7, 11) is 0. The number of carbonyl (C=O) groups excluding carboxylic acids is 2. The highest BCUT2D eigenvalue weighted by Gasteiger charge is 2.30. The number of nitrogens with one attached hydrogen (secondary N) is 1. The van der Waals surface area contributed by atoms with E-state index in [0.717, 1.165) is 10.6 Å². The number of nitrogens with zero attached hydrogens (tertiary/aromatic N) is 1. The number of ether oxygens (including phenoxy) is 1. The van der Waals surface area contributed by atoms with E-state index in [4.69, 9.17) is 4.74 Å². The van der Waals surface area contributed by atoms with Crippen molar-refractivity contribution in [3.05, 3.63) is 24.3 Å². The standard InChI is InChI=1S/C12H14N2O3/c1-8(2)17-12(16)14-10-6-4-3-5-9(10)13-7-11(14)15/h3-6,8,13H,7H2,1-2H3. The first-order valence-corrected chi connectivity index (χ1v) is 5.46. The third-order valence-electron chi connectivity index (χ3n) is 2.34. The number of anilines is 2. The summed E-state index contributed by atoms with van der Waals surface area (Å²) in [6.45, 7) is 3.59. The molecule has 0 radical (unpaired) electrons. The highest BCUT2D eigenvalue weighted by atomic mass is 16.6. The molecule has 1 N–H and O–H groups in total. The fraction of sp³-hybridized carbons (Fsp3) is 0.333. The van der Waals surface area contributed by atoms with Gasteiger partial charge in [-0.3, -0.25) is 4.79 Å². The maximum atomic E-state index is 11.8. The largest absolute Gasteiger partial charge is 0.446 e. The van der Waals surface area contributed by atoms with Crippen LogP contribution >= 0.6 is 0 Å². The number of amides is 2. The van der Waals surface area contributed by atoms with Crippen molar-refractivity contribution in [3.8, 4) is 0 Å². The number of hydrogen-bond acceptors (Lipinski definition) is 4. The van der Waals surface area contributed by atoms with Gasteiger partial charge in [0.1, 0.15) is 0 Å². The van der Waals surface area contributed by atoms with E-state index in [1.165, 1.54) is 0 Å². The molecule has 2 rings (SSSR count). The monoisotopic (exact) mass is 234 g/mol. The zero-order chi connectivity index (χ0) is 12.4. The van der Waals surface area contributed by atoms with E-state index in [0.29, 0.717) is 5.69 Å². The molecule has 0 saturated carbocycles. The average molecular weight is 234 g/mol. The molecule has 17 heavy (non-hydrogen) atoms. The van der Waals surface area contributed by atoms with Crippen LogP contribution in [0.2, 0.25) is 0 Å². The second kappa shape index (κ2) is 4.45. The molecule has 5 nitrogen and oxygen atoms in total. The first-order chi connectivity index (χ1) is 8.09. The minimum Gasteiger partial charge on any atom is -0.446 e. The van der Waals surface area contributed by atoms with Crippen molar-refractivity contribution in [3.63, 3.8) is 0 Å². The fourth-order valence-corrected chi connectivity index (χ4v) is 1.66. The van der Waals surface area contributed by atoms with Crippen LogP contribution in [0.4, 0.5) is 16.2 Å². The van der Waals surface area contributed by atoms with Crippen LogP contribution in [0.15, 0.2) is 24.3 Å². The molecule has 90 valence electrons. The molecule has 0 aromatic heterocycles. The Balaban J connectivity index is 2.33. The maximum Gasteiger partial charge on any atom is 0.421 e. The SMILES string of the molecule is CC(C)OC(=O)N1C(=O)CNc2ccccc21. The van der Waals surface area contributed by atoms with Gasteiger partial charge in [0.2, 0.25) is 0 Å². The molecule has 0 saturated heterocycles. The van der Waals surface area contributed by atoms with E-state index in [2.05, 4.69) is 5.32 Å². The first kappa shape index (κ1) is 11.4. The van der Waals surface area contributed by atoms with Gasteiger partial charge in [0.05, 0.1) is 24.0 Å². The van der Waals surface area contributed by atoms with Gasteiger partial charge in [-0.1, -0.05) is 12.1 Å². The van der Waals surface area contributed by atoms with Gasteiger partial charge < -0.3 is 10.1 Å². The molecule has 1 aromatic carbocycles. The van der Waals surface area contributed by atoms with Crippen LogP contribution in [0.3, 0.4) is 0 Å². The molecule has 0 spiro atoms. The van der Waals surface area contributed by atoms with Gasteiger partial charge in [-0.25, -0.2) is 9.69 Å². The molecule has 0 bridgehead atoms. The van der Waals surface area contributed by atoms with Crippen molar-refractivity contribution in [2.45, 2.75) is 20.0 Å². The quantitative estimate of drug-likeness (QED) is 0.807. The topological polar surface area (TPSA) is 58.6 Å². The van der Waals surface area contributed by atoms with E-state index in [1.807, 2.05) is 12.1 Å². The van der Waals surface area contributed by atoms with Gasteiger partial charge in [0, 0.05) is 0 Å². The molecule has 0 aliphatic carbocycles. The molecule has 1 aromatic rings. The molecule has 0 unspecified atom stereocenters. The predicted molar refractivity (Wildman–Crippen MR) is 64.0 cm³/mol. The van der Waals surface area contributed by atoms with Crippen LogP contribution in [-0.4, -0.2) is 24.6 Å². The van der Waals surface area contributed by atoms with E-state index in [1.54, 1.807) is 26.0 Å². The number of para-hydroxylation sites is 2. The molecular formula is C12H14N2O3. The summed E-state index contributed by atoms with van der Waals surface area (Å²) < 4.78 is 5.06. The van der Waals surface area contributed by atoms with Gasteiger partial charge in [-0.2, -0.15) is 0 Å². The van der Waals surface area contributed by atoms with E-state index in [-0.39, 0.29) is 18.6 Å². The number of benzene rings is 1. The molecule has 1 aliphatic rings. The van der Waals surface area contributed by atoms with Gasteiger partial charge in [0.15, 0.2) is 0 Å². The van der Waals surface area contributed by atoms with Gasteiger partial charge in [-0.15, -0.1) is 0 Å². The van der Waals surface area contributed by atoms with Gasteiger partial charge >= 0.3 is 6.09 Å². The number of rotatable bonds is 1. The Morgan fingerprint density at radius 2 is 2.12 bits per heavy atom. The Bertz CT molecular complexity index is 457. The Morgan fingerprint density at radius 3 is 2.82 bits per heavy atom. The van der Waals surface area contributed by atoms with Crippen LogP contribution < -0.4 is 10.2 Å². The van der Waals surface area contributed by atoms with Gasteiger partial charge in [-0.05, 0) is 26.0 Å². The van der Waals surface area contributed by atoms with Crippen molar-refractivity contribution in [1.82, 2.24) is 0 Å². The summed E-state index contributed by atoms with van der Waals surface area (Å²) in [6.07, 6.45) is -0.878. The lowest BCUT2D eigenvalue weighted by atomic mass is 10.2. The second-order valence-electron chi connectivity index (χ2n) is 4.03. The molecule has 1 heterocycles. The summed E-state index contributed by atoms with van der Waals surface area (Å²) in [5, 5.41) is 2.95. The Labute approximate surface area is 99.4 Å². The van der Waals surface area contributed by atoms with Crippen molar-refractivity contribution in [2.75, 3.05) is 16.8 Å². The Morgan fingerprint density at radius 1 is 1.41 bits per heavy atom. The highest BCUT2D eigenvalue weighted by molar-refractivity contribution is 6.17. The molecule has 2 amide bonds. The van der Waals surface area contributed by atoms with E-state index < -0.39 is 6.09 Å². The normalized spacial score (nSPS) is 14.3. The van der Waals surface area contributed by atoms with Crippen LogP contribution in [0.1, 0.15) is 13.8 Å².